The SMILES string of the molecule is C=CCC1(C)C(=O)[C@H]2CC(C)(C)C[C@H]2C1=O. The summed E-state index contributed by atoms with van der Waals surface area (Å²) >= 11 is 0. The summed E-state index contributed by atoms with van der Waals surface area (Å²) in [6.45, 7) is 9.75. The monoisotopic (exact) mass is 220 g/mol. The Bertz CT molecular complexity index is 339. The first-order valence-corrected chi connectivity index (χ1v) is 6.01. The maximum Gasteiger partial charge on any atom is 0.150 e. The van der Waals surface area contributed by atoms with Gasteiger partial charge in [-0.3, -0.25) is 9.59 Å². The second-order valence-electron chi connectivity index (χ2n) is 6.34. The number of carbonyl (C=O) groups is 2. The minimum Gasteiger partial charge on any atom is -0.298 e. The van der Waals surface area contributed by atoms with Crippen molar-refractivity contribution in [3.05, 3.63) is 12.7 Å². The van der Waals surface area contributed by atoms with Gasteiger partial charge in [-0.05, 0) is 31.6 Å². The van der Waals surface area contributed by atoms with Gasteiger partial charge in [0.05, 0.1) is 5.41 Å². The summed E-state index contributed by atoms with van der Waals surface area (Å²) in [7, 11) is 0. The molecular weight excluding hydrogens is 200 g/mol. The molecule has 0 aliphatic heterocycles. The first-order valence-electron chi connectivity index (χ1n) is 6.01. The highest BCUT2D eigenvalue weighted by molar-refractivity contribution is 6.15. The third-order valence-electron chi connectivity index (χ3n) is 4.34. The van der Waals surface area contributed by atoms with E-state index >= 15 is 0 Å². The maximum absolute atomic E-state index is 12.3. The molecule has 2 nitrogen and oxygen atoms in total. The van der Waals surface area contributed by atoms with Crippen LogP contribution in [0.25, 0.3) is 0 Å². The molecule has 2 aliphatic carbocycles. The van der Waals surface area contributed by atoms with Crippen molar-refractivity contribution in [2.24, 2.45) is 22.7 Å². The fraction of sp³-hybridized carbons (Fsp3) is 0.714. The number of hydrogen-bond acceptors (Lipinski definition) is 2. The topological polar surface area (TPSA) is 34.1 Å². The van der Waals surface area contributed by atoms with E-state index in [-0.39, 0.29) is 28.8 Å². The molecule has 1 unspecified atom stereocenters. The molecule has 88 valence electrons. The molecule has 3 atom stereocenters. The van der Waals surface area contributed by atoms with Gasteiger partial charge < -0.3 is 0 Å². The third kappa shape index (κ3) is 1.39. The Morgan fingerprint density at radius 1 is 1.19 bits per heavy atom. The zero-order chi connectivity index (χ0) is 12.1. The zero-order valence-corrected chi connectivity index (χ0v) is 10.4. The molecule has 2 fully saturated rings. The smallest absolute Gasteiger partial charge is 0.150 e. The quantitative estimate of drug-likeness (QED) is 0.529. The van der Waals surface area contributed by atoms with Crippen LogP contribution in [-0.2, 0) is 9.59 Å². The molecular formula is C14H20O2. The van der Waals surface area contributed by atoms with Gasteiger partial charge in [0, 0.05) is 11.8 Å². The molecule has 0 aromatic rings. The van der Waals surface area contributed by atoms with Crippen molar-refractivity contribution in [3.8, 4) is 0 Å². The van der Waals surface area contributed by atoms with Crippen LogP contribution in [0.15, 0.2) is 12.7 Å². The molecule has 0 aromatic carbocycles. The molecule has 0 spiro atoms. The molecule has 2 saturated carbocycles. The van der Waals surface area contributed by atoms with E-state index in [0.29, 0.717) is 6.42 Å². The van der Waals surface area contributed by atoms with Crippen LogP contribution in [0.2, 0.25) is 0 Å². The van der Waals surface area contributed by atoms with Crippen LogP contribution >= 0.6 is 0 Å². The van der Waals surface area contributed by atoms with Gasteiger partial charge in [-0.25, -0.2) is 0 Å². The Morgan fingerprint density at radius 2 is 1.62 bits per heavy atom. The normalized spacial score (nSPS) is 41.2. The summed E-state index contributed by atoms with van der Waals surface area (Å²) in [6, 6.07) is 0. The van der Waals surface area contributed by atoms with Crippen molar-refractivity contribution in [2.75, 3.05) is 0 Å². The summed E-state index contributed by atoms with van der Waals surface area (Å²) in [5.41, 5.74) is -0.621. The van der Waals surface area contributed by atoms with E-state index in [1.165, 1.54) is 0 Å². The van der Waals surface area contributed by atoms with Crippen molar-refractivity contribution >= 4 is 11.6 Å². The fourth-order valence-corrected chi connectivity index (χ4v) is 3.54. The van der Waals surface area contributed by atoms with Gasteiger partial charge in [0.2, 0.25) is 0 Å². The van der Waals surface area contributed by atoms with Crippen molar-refractivity contribution in [3.63, 3.8) is 0 Å². The first kappa shape index (κ1) is 11.6. The second kappa shape index (κ2) is 3.28. The van der Waals surface area contributed by atoms with Gasteiger partial charge in [0.15, 0.2) is 0 Å². The molecule has 0 bridgehead atoms. The Labute approximate surface area is 97.1 Å². The lowest BCUT2D eigenvalue weighted by Crippen LogP contribution is -2.32. The maximum atomic E-state index is 12.3. The Morgan fingerprint density at radius 3 is 2.00 bits per heavy atom. The van der Waals surface area contributed by atoms with E-state index in [4.69, 9.17) is 0 Å². The number of allylic oxidation sites excluding steroid dienone is 1. The number of rotatable bonds is 2. The number of hydrogen-bond donors (Lipinski definition) is 0. The van der Waals surface area contributed by atoms with E-state index in [9.17, 15) is 9.59 Å². The lowest BCUT2D eigenvalue weighted by atomic mass is 9.77. The minimum absolute atomic E-state index is 0.0209. The molecule has 2 heteroatoms. The Kier molecular flexibility index (Phi) is 2.37. The second-order valence-corrected chi connectivity index (χ2v) is 6.34. The van der Waals surface area contributed by atoms with Crippen LogP contribution < -0.4 is 0 Å². The molecule has 0 N–H and O–H groups in total. The molecule has 0 heterocycles. The summed E-state index contributed by atoms with van der Waals surface area (Å²) in [5, 5.41) is 0. The van der Waals surface area contributed by atoms with Crippen molar-refractivity contribution in [1.82, 2.24) is 0 Å². The van der Waals surface area contributed by atoms with Crippen molar-refractivity contribution in [1.29, 1.82) is 0 Å². The predicted molar refractivity (Wildman–Crippen MR) is 62.9 cm³/mol. The molecule has 0 saturated heterocycles. The van der Waals surface area contributed by atoms with Gasteiger partial charge >= 0.3 is 0 Å². The van der Waals surface area contributed by atoms with Crippen molar-refractivity contribution < 1.29 is 9.59 Å². The molecule has 0 amide bonds. The van der Waals surface area contributed by atoms with E-state index in [1.54, 1.807) is 13.0 Å². The molecule has 2 aliphatic rings. The fourth-order valence-electron chi connectivity index (χ4n) is 3.54. The number of carbonyl (C=O) groups excluding carboxylic acids is 2. The van der Waals surface area contributed by atoms with Gasteiger partial charge in [0.1, 0.15) is 11.6 Å². The van der Waals surface area contributed by atoms with Crippen molar-refractivity contribution in [2.45, 2.75) is 40.0 Å². The lowest BCUT2D eigenvalue weighted by Gasteiger charge is -2.24. The molecule has 0 aromatic heterocycles. The van der Waals surface area contributed by atoms with E-state index in [1.807, 2.05) is 0 Å². The van der Waals surface area contributed by atoms with Crippen LogP contribution in [0.4, 0.5) is 0 Å². The molecule has 2 rings (SSSR count). The summed E-state index contributed by atoms with van der Waals surface area (Å²) in [5.74, 6) is 0.279. The highest BCUT2D eigenvalue weighted by atomic mass is 16.2. The van der Waals surface area contributed by atoms with Crippen LogP contribution in [0.5, 0.6) is 0 Å². The van der Waals surface area contributed by atoms with Gasteiger partial charge in [-0.1, -0.05) is 19.9 Å². The van der Waals surface area contributed by atoms with E-state index in [2.05, 4.69) is 20.4 Å². The van der Waals surface area contributed by atoms with Crippen LogP contribution in [-0.4, -0.2) is 11.6 Å². The largest absolute Gasteiger partial charge is 0.298 e. The molecule has 0 radical (unpaired) electrons. The number of ketones is 2. The third-order valence-corrected chi connectivity index (χ3v) is 4.34. The minimum atomic E-state index is -0.770. The lowest BCUT2D eigenvalue weighted by molar-refractivity contribution is -0.135. The van der Waals surface area contributed by atoms with Crippen LogP contribution in [0.1, 0.15) is 40.0 Å². The average molecular weight is 220 g/mol. The number of fused-ring (bicyclic) bond motifs is 1. The average Bonchev–Trinajstić information content (AvgIpc) is 2.58. The van der Waals surface area contributed by atoms with Gasteiger partial charge in [-0.15, -0.1) is 6.58 Å². The standard InChI is InChI=1S/C14H20O2/c1-5-6-14(4)11(15)9-7-13(2,3)8-10(9)12(14)16/h5,9-10H,1,6-8H2,2-4H3/t9-,10+,14?. The number of Topliss-reactive ketones (excluding diaryl/α,β-unsaturated/α-hetero) is 2. The Hall–Kier alpha value is -0.920. The highest BCUT2D eigenvalue weighted by Gasteiger charge is 2.60. The van der Waals surface area contributed by atoms with Crippen LogP contribution in [0.3, 0.4) is 0 Å². The van der Waals surface area contributed by atoms with Crippen LogP contribution in [0, 0.1) is 22.7 Å². The summed E-state index contributed by atoms with van der Waals surface area (Å²) in [6.07, 6.45) is 3.93. The van der Waals surface area contributed by atoms with Gasteiger partial charge in [0.25, 0.3) is 0 Å². The van der Waals surface area contributed by atoms with E-state index in [0.717, 1.165) is 12.8 Å². The zero-order valence-electron chi connectivity index (χ0n) is 10.4. The highest BCUT2D eigenvalue weighted by Crippen LogP contribution is 2.55. The van der Waals surface area contributed by atoms with E-state index < -0.39 is 5.41 Å². The summed E-state index contributed by atoms with van der Waals surface area (Å²) in [4.78, 5) is 24.7. The van der Waals surface area contributed by atoms with Gasteiger partial charge in [-0.2, -0.15) is 0 Å². The Balaban J connectivity index is 2.32. The first-order chi connectivity index (χ1) is 7.32. The predicted octanol–water partition coefficient (Wildman–Crippen LogP) is 2.77. The molecule has 16 heavy (non-hydrogen) atoms. The summed E-state index contributed by atoms with van der Waals surface area (Å²) < 4.78 is 0.